The fraction of sp³-hybridized carbons (Fsp3) is 0.712. The zero-order valence-corrected chi connectivity index (χ0v) is 39.5. The quantitative estimate of drug-likeness (QED) is 0.0212. The summed E-state index contributed by atoms with van der Waals surface area (Å²) in [6.45, 7) is 4.70. The molecule has 2 unspecified atom stereocenters. The van der Waals surface area contributed by atoms with Gasteiger partial charge < -0.3 is 28.5 Å². The minimum Gasteiger partial charge on any atom is -0.477 e. The zero-order chi connectivity index (χ0) is 44.9. The van der Waals surface area contributed by atoms with Crippen LogP contribution in [-0.4, -0.2) is 87.4 Å². The lowest BCUT2D eigenvalue weighted by Crippen LogP contribution is -2.40. The Morgan fingerprint density at radius 2 is 0.934 bits per heavy atom. The molecule has 9 nitrogen and oxygen atoms in total. The standard InChI is InChI=1S/C52H89NO8/c1-6-8-10-12-14-16-18-20-22-23-24-25-26-27-29-31-33-35-37-39-41-43-50(55)61-48(47-60-52(51(56)57)58-45-44-53(3,4)5)46-59-49(54)42-40-38-36-34-32-30-28-21-19-17-15-13-11-9-7-2/h9,11,15,17-18,20-21,23-24,26-28,48,52H,6-8,10,12-14,16,19,22,25,29-47H2,1-5H3/p+1/b11-9-,17-15-,20-18-,24-23-,27-26-,28-21-. The van der Waals surface area contributed by atoms with E-state index in [1.54, 1.807) is 0 Å². The van der Waals surface area contributed by atoms with Gasteiger partial charge in [-0.25, -0.2) is 4.79 Å². The number of ether oxygens (including phenoxy) is 4. The summed E-state index contributed by atoms with van der Waals surface area (Å²) in [6.07, 6.45) is 51.0. The van der Waals surface area contributed by atoms with E-state index >= 15 is 0 Å². The third-order valence-electron chi connectivity index (χ3n) is 9.95. The number of quaternary nitrogens is 1. The highest BCUT2D eigenvalue weighted by molar-refractivity contribution is 5.71. The van der Waals surface area contributed by atoms with E-state index in [2.05, 4.69) is 86.8 Å². The van der Waals surface area contributed by atoms with Crippen LogP contribution in [0, 0.1) is 0 Å². The Hall–Kier alpha value is -3.27. The third-order valence-corrected chi connectivity index (χ3v) is 9.95. The van der Waals surface area contributed by atoms with E-state index in [-0.39, 0.29) is 38.6 Å². The van der Waals surface area contributed by atoms with Crippen molar-refractivity contribution in [3.63, 3.8) is 0 Å². The first kappa shape index (κ1) is 57.7. The number of carboxylic acid groups (broad SMARTS) is 1. The van der Waals surface area contributed by atoms with Gasteiger partial charge in [0.2, 0.25) is 0 Å². The number of esters is 2. The fourth-order valence-corrected chi connectivity index (χ4v) is 6.21. The molecule has 0 aromatic rings. The molecule has 9 heteroatoms. The molecule has 0 aliphatic carbocycles. The van der Waals surface area contributed by atoms with Crippen molar-refractivity contribution in [1.29, 1.82) is 0 Å². The molecule has 0 spiro atoms. The summed E-state index contributed by atoms with van der Waals surface area (Å²) in [6, 6.07) is 0. The van der Waals surface area contributed by atoms with E-state index in [0.717, 1.165) is 109 Å². The van der Waals surface area contributed by atoms with Crippen LogP contribution in [0.5, 0.6) is 0 Å². The maximum Gasteiger partial charge on any atom is 0.361 e. The van der Waals surface area contributed by atoms with Gasteiger partial charge in [-0.3, -0.25) is 9.59 Å². The van der Waals surface area contributed by atoms with Crippen molar-refractivity contribution in [3.05, 3.63) is 72.9 Å². The SMILES string of the molecule is CC/C=C\C/C=C\C/C=C\CCCCCCCC(=O)OCC(COC(OCC[N+](C)(C)C)C(=O)O)OC(=O)CCCCCCCC/C=C\C/C=C\C/C=C\CCCCCCC. The molecule has 0 aliphatic heterocycles. The summed E-state index contributed by atoms with van der Waals surface area (Å²) in [7, 11) is 5.94. The molecule has 0 saturated heterocycles. The second-order valence-electron chi connectivity index (χ2n) is 17.0. The maximum absolute atomic E-state index is 12.8. The van der Waals surface area contributed by atoms with Crippen molar-refractivity contribution in [2.24, 2.45) is 0 Å². The molecular weight excluding hydrogens is 767 g/mol. The zero-order valence-electron chi connectivity index (χ0n) is 39.5. The van der Waals surface area contributed by atoms with Crippen LogP contribution in [-0.2, 0) is 33.3 Å². The van der Waals surface area contributed by atoms with E-state index in [4.69, 9.17) is 18.9 Å². The van der Waals surface area contributed by atoms with Crippen LogP contribution in [0.1, 0.15) is 181 Å². The lowest BCUT2D eigenvalue weighted by Gasteiger charge is -2.25. The van der Waals surface area contributed by atoms with Gasteiger partial charge in [0.1, 0.15) is 13.2 Å². The van der Waals surface area contributed by atoms with Crippen LogP contribution in [0.2, 0.25) is 0 Å². The number of carbonyl (C=O) groups excluding carboxylic acids is 2. The number of carbonyl (C=O) groups is 3. The summed E-state index contributed by atoms with van der Waals surface area (Å²) in [5.41, 5.74) is 0. The van der Waals surface area contributed by atoms with Crippen molar-refractivity contribution in [2.75, 3.05) is 47.5 Å². The normalized spacial score (nSPS) is 13.5. The number of rotatable bonds is 43. The Morgan fingerprint density at radius 1 is 0.508 bits per heavy atom. The molecule has 0 aromatic heterocycles. The molecule has 0 aromatic carbocycles. The van der Waals surface area contributed by atoms with Gasteiger partial charge in [0.15, 0.2) is 6.10 Å². The van der Waals surface area contributed by atoms with Gasteiger partial charge in [0.05, 0.1) is 34.4 Å². The van der Waals surface area contributed by atoms with Crippen LogP contribution in [0.25, 0.3) is 0 Å². The summed E-state index contributed by atoms with van der Waals surface area (Å²) in [5.74, 6) is -2.06. The summed E-state index contributed by atoms with van der Waals surface area (Å²) in [5, 5.41) is 9.65. The molecule has 0 radical (unpaired) electrons. The number of allylic oxidation sites excluding steroid dienone is 12. The number of likely N-dealkylation sites (N-methyl/N-ethyl adjacent to an activating group) is 1. The minimum absolute atomic E-state index is 0.178. The van der Waals surface area contributed by atoms with Crippen molar-refractivity contribution < 1.29 is 42.9 Å². The Morgan fingerprint density at radius 3 is 1.39 bits per heavy atom. The fourth-order valence-electron chi connectivity index (χ4n) is 6.21. The number of nitrogens with zero attached hydrogens (tertiary/aromatic N) is 1. The van der Waals surface area contributed by atoms with Crippen LogP contribution in [0.15, 0.2) is 72.9 Å². The molecule has 1 N–H and O–H groups in total. The van der Waals surface area contributed by atoms with Crippen molar-refractivity contribution in [2.45, 2.75) is 193 Å². The molecule has 0 amide bonds. The molecule has 0 bridgehead atoms. The van der Waals surface area contributed by atoms with Gasteiger partial charge in [0, 0.05) is 12.8 Å². The van der Waals surface area contributed by atoms with Crippen LogP contribution in [0.4, 0.5) is 0 Å². The summed E-state index contributed by atoms with van der Waals surface area (Å²) < 4.78 is 22.7. The van der Waals surface area contributed by atoms with E-state index < -0.39 is 24.3 Å². The topological polar surface area (TPSA) is 108 Å². The lowest BCUT2D eigenvalue weighted by molar-refractivity contribution is -0.870. The lowest BCUT2D eigenvalue weighted by atomic mass is 10.1. The highest BCUT2D eigenvalue weighted by Gasteiger charge is 2.25. The van der Waals surface area contributed by atoms with E-state index in [1.165, 1.54) is 38.5 Å². The Bertz CT molecular complexity index is 1230. The van der Waals surface area contributed by atoms with Crippen molar-refractivity contribution >= 4 is 17.9 Å². The molecular formula is C52H90NO8+. The van der Waals surface area contributed by atoms with Gasteiger partial charge in [-0.05, 0) is 83.5 Å². The van der Waals surface area contributed by atoms with Crippen molar-refractivity contribution in [1.82, 2.24) is 0 Å². The smallest absolute Gasteiger partial charge is 0.361 e. The largest absolute Gasteiger partial charge is 0.477 e. The number of hydrogen-bond acceptors (Lipinski definition) is 7. The molecule has 0 saturated carbocycles. The predicted molar refractivity (Wildman–Crippen MR) is 253 cm³/mol. The second-order valence-corrected chi connectivity index (χ2v) is 17.0. The average molecular weight is 857 g/mol. The number of hydrogen-bond donors (Lipinski definition) is 1. The predicted octanol–water partition coefficient (Wildman–Crippen LogP) is 13.1. The van der Waals surface area contributed by atoms with E-state index in [9.17, 15) is 19.5 Å². The minimum atomic E-state index is -1.52. The second kappa shape index (κ2) is 43.4. The molecule has 0 rings (SSSR count). The van der Waals surface area contributed by atoms with E-state index in [0.29, 0.717) is 17.4 Å². The Kier molecular flexibility index (Phi) is 41.1. The van der Waals surface area contributed by atoms with Gasteiger partial charge in [-0.15, -0.1) is 0 Å². The monoisotopic (exact) mass is 857 g/mol. The van der Waals surface area contributed by atoms with Crippen molar-refractivity contribution in [3.8, 4) is 0 Å². The molecule has 0 aliphatic rings. The van der Waals surface area contributed by atoms with E-state index in [1.807, 2.05) is 21.1 Å². The number of carboxylic acids is 1. The van der Waals surface area contributed by atoms with Crippen LogP contribution in [0.3, 0.4) is 0 Å². The first-order valence-corrected chi connectivity index (χ1v) is 24.1. The first-order chi connectivity index (χ1) is 29.6. The van der Waals surface area contributed by atoms with Crippen LogP contribution >= 0.6 is 0 Å². The molecule has 0 heterocycles. The molecule has 350 valence electrons. The highest BCUT2D eigenvalue weighted by Crippen LogP contribution is 2.13. The molecule has 2 atom stereocenters. The summed E-state index contributed by atoms with van der Waals surface area (Å²) >= 11 is 0. The molecule has 61 heavy (non-hydrogen) atoms. The van der Waals surface area contributed by atoms with Gasteiger partial charge in [0.25, 0.3) is 6.29 Å². The number of unbranched alkanes of at least 4 members (excludes halogenated alkanes) is 16. The third kappa shape index (κ3) is 44.6. The molecule has 0 fully saturated rings. The first-order valence-electron chi connectivity index (χ1n) is 24.1. The Balaban J connectivity index is 4.45. The maximum atomic E-state index is 12.8. The summed E-state index contributed by atoms with van der Waals surface area (Å²) in [4.78, 5) is 37.2. The average Bonchev–Trinajstić information content (AvgIpc) is 3.22. The van der Waals surface area contributed by atoms with Gasteiger partial charge in [-0.2, -0.15) is 0 Å². The Labute approximate surface area is 373 Å². The number of aliphatic carboxylic acids is 1. The highest BCUT2D eigenvalue weighted by atomic mass is 16.7. The van der Waals surface area contributed by atoms with Gasteiger partial charge in [-0.1, -0.05) is 157 Å². The van der Waals surface area contributed by atoms with Crippen LogP contribution < -0.4 is 0 Å². The van der Waals surface area contributed by atoms with Gasteiger partial charge >= 0.3 is 17.9 Å².